The fraction of sp³-hybridized carbons (Fsp3) is 0.200. The summed E-state index contributed by atoms with van der Waals surface area (Å²) in [6, 6.07) is 12.6. The van der Waals surface area contributed by atoms with Crippen LogP contribution in [0.4, 0.5) is 13.2 Å². The number of halogens is 4. The first-order valence-corrected chi connectivity index (χ1v) is 6.19. The molecule has 0 N–H and O–H groups in total. The molecule has 0 bridgehead atoms. The first kappa shape index (κ1) is 13.9. The molecule has 2 rings (SSSR count). The van der Waals surface area contributed by atoms with Crippen LogP contribution < -0.4 is 0 Å². The maximum absolute atomic E-state index is 12.5. The summed E-state index contributed by atoms with van der Waals surface area (Å²) in [7, 11) is 0. The molecule has 1 atom stereocenters. The smallest absolute Gasteiger partial charge is 0.166 e. The van der Waals surface area contributed by atoms with E-state index in [2.05, 4.69) is 0 Å². The van der Waals surface area contributed by atoms with E-state index in [9.17, 15) is 13.2 Å². The Hall–Kier alpha value is -1.48. The summed E-state index contributed by atoms with van der Waals surface area (Å²) >= 11 is 6.27. The van der Waals surface area contributed by atoms with Crippen LogP contribution in [0.15, 0.2) is 48.5 Å². The number of hydrogen-bond donors (Lipinski definition) is 0. The molecule has 0 saturated heterocycles. The van der Waals surface area contributed by atoms with Crippen molar-refractivity contribution in [2.75, 3.05) is 0 Å². The lowest BCUT2D eigenvalue weighted by molar-refractivity contribution is -0.137. The standard InChI is InChI=1S/C15H12ClF3/c1-10-2-4-11(5-3-10)14(16)12-6-8-13(9-7-12)15(17,18)19/h2-9,14H,1H3. The van der Waals surface area contributed by atoms with Gasteiger partial charge in [-0.05, 0) is 30.2 Å². The highest BCUT2D eigenvalue weighted by molar-refractivity contribution is 6.22. The molecule has 100 valence electrons. The summed E-state index contributed by atoms with van der Waals surface area (Å²) < 4.78 is 37.4. The van der Waals surface area contributed by atoms with Crippen molar-refractivity contribution in [1.29, 1.82) is 0 Å². The van der Waals surface area contributed by atoms with Crippen LogP contribution in [0.2, 0.25) is 0 Å². The molecule has 2 aromatic rings. The lowest BCUT2D eigenvalue weighted by atomic mass is 10.0. The van der Waals surface area contributed by atoms with E-state index in [4.69, 9.17) is 11.6 Å². The predicted octanol–water partition coefficient (Wildman–Crippen LogP) is 5.34. The molecule has 0 aliphatic rings. The van der Waals surface area contributed by atoms with Gasteiger partial charge in [-0.15, -0.1) is 11.6 Å². The van der Waals surface area contributed by atoms with E-state index in [0.717, 1.165) is 23.3 Å². The SMILES string of the molecule is Cc1ccc(C(Cl)c2ccc(C(F)(F)F)cc2)cc1. The first-order chi connectivity index (χ1) is 8.88. The minimum absolute atomic E-state index is 0.442. The molecule has 0 fully saturated rings. The molecule has 0 amide bonds. The van der Waals surface area contributed by atoms with Gasteiger partial charge in [0.2, 0.25) is 0 Å². The summed E-state index contributed by atoms with van der Waals surface area (Å²) in [6.07, 6.45) is -4.32. The van der Waals surface area contributed by atoms with E-state index in [-0.39, 0.29) is 0 Å². The molecule has 0 radical (unpaired) electrons. The van der Waals surface area contributed by atoms with Gasteiger partial charge in [0.25, 0.3) is 0 Å². The minimum atomic E-state index is -4.32. The average molecular weight is 285 g/mol. The molecule has 4 heteroatoms. The van der Waals surface area contributed by atoms with Crippen LogP contribution in [0.3, 0.4) is 0 Å². The molecule has 1 unspecified atom stereocenters. The van der Waals surface area contributed by atoms with E-state index < -0.39 is 17.1 Å². The molecular weight excluding hydrogens is 273 g/mol. The van der Waals surface area contributed by atoms with E-state index in [0.29, 0.717) is 5.56 Å². The lowest BCUT2D eigenvalue weighted by Gasteiger charge is -2.12. The Bertz CT molecular complexity index is 541. The van der Waals surface area contributed by atoms with E-state index in [1.165, 1.54) is 12.1 Å². The Morgan fingerprint density at radius 3 is 1.68 bits per heavy atom. The van der Waals surface area contributed by atoms with Crippen molar-refractivity contribution in [3.63, 3.8) is 0 Å². The van der Waals surface area contributed by atoms with Gasteiger partial charge < -0.3 is 0 Å². The second-order valence-electron chi connectivity index (χ2n) is 4.39. The Kier molecular flexibility index (Phi) is 3.85. The Labute approximate surface area is 114 Å². The van der Waals surface area contributed by atoms with Gasteiger partial charge in [0.05, 0.1) is 10.9 Å². The van der Waals surface area contributed by atoms with Crippen molar-refractivity contribution in [3.05, 3.63) is 70.8 Å². The molecule has 0 spiro atoms. The van der Waals surface area contributed by atoms with Crippen molar-refractivity contribution in [1.82, 2.24) is 0 Å². The number of rotatable bonds is 2. The molecule has 19 heavy (non-hydrogen) atoms. The largest absolute Gasteiger partial charge is 0.416 e. The number of benzene rings is 2. The first-order valence-electron chi connectivity index (χ1n) is 5.76. The molecular formula is C15H12ClF3. The summed E-state index contributed by atoms with van der Waals surface area (Å²) in [6.45, 7) is 1.96. The summed E-state index contributed by atoms with van der Waals surface area (Å²) in [5, 5.41) is -0.442. The molecule has 0 nitrogen and oxygen atoms in total. The van der Waals surface area contributed by atoms with Crippen LogP contribution in [0, 0.1) is 6.92 Å². The van der Waals surface area contributed by atoms with Crippen molar-refractivity contribution in [2.45, 2.75) is 18.5 Å². The average Bonchev–Trinajstić information content (AvgIpc) is 2.38. The van der Waals surface area contributed by atoms with Gasteiger partial charge in [-0.2, -0.15) is 13.2 Å². The minimum Gasteiger partial charge on any atom is -0.166 e. The van der Waals surface area contributed by atoms with Crippen LogP contribution >= 0.6 is 11.6 Å². The van der Waals surface area contributed by atoms with Gasteiger partial charge >= 0.3 is 6.18 Å². The fourth-order valence-corrected chi connectivity index (χ4v) is 2.06. The Balaban J connectivity index is 2.25. The van der Waals surface area contributed by atoms with Gasteiger partial charge in [0, 0.05) is 0 Å². The third-order valence-corrected chi connectivity index (χ3v) is 3.40. The number of hydrogen-bond acceptors (Lipinski definition) is 0. The van der Waals surface area contributed by atoms with E-state index in [1.54, 1.807) is 0 Å². The zero-order chi connectivity index (χ0) is 14.0. The van der Waals surface area contributed by atoms with Gasteiger partial charge in [-0.3, -0.25) is 0 Å². The quantitative estimate of drug-likeness (QED) is 0.653. The van der Waals surface area contributed by atoms with Gasteiger partial charge in [0.15, 0.2) is 0 Å². The predicted molar refractivity (Wildman–Crippen MR) is 70.3 cm³/mol. The third kappa shape index (κ3) is 3.29. The molecule has 0 heterocycles. The molecule has 0 aromatic heterocycles. The van der Waals surface area contributed by atoms with E-state index >= 15 is 0 Å². The monoisotopic (exact) mass is 284 g/mol. The van der Waals surface area contributed by atoms with Crippen LogP contribution in [-0.2, 0) is 6.18 Å². The highest BCUT2D eigenvalue weighted by atomic mass is 35.5. The Morgan fingerprint density at radius 1 is 0.842 bits per heavy atom. The topological polar surface area (TPSA) is 0 Å². The summed E-state index contributed by atoms with van der Waals surface area (Å²) in [4.78, 5) is 0. The maximum atomic E-state index is 12.5. The van der Waals surface area contributed by atoms with E-state index in [1.807, 2.05) is 31.2 Å². The van der Waals surface area contributed by atoms with Crippen molar-refractivity contribution < 1.29 is 13.2 Å². The number of aryl methyl sites for hydroxylation is 1. The lowest BCUT2D eigenvalue weighted by Crippen LogP contribution is -2.05. The van der Waals surface area contributed by atoms with Gasteiger partial charge in [0.1, 0.15) is 0 Å². The van der Waals surface area contributed by atoms with Crippen molar-refractivity contribution in [3.8, 4) is 0 Å². The highest BCUT2D eigenvalue weighted by Gasteiger charge is 2.30. The van der Waals surface area contributed by atoms with Gasteiger partial charge in [-0.1, -0.05) is 42.0 Å². The molecule has 2 aromatic carbocycles. The second-order valence-corrected chi connectivity index (χ2v) is 4.83. The summed E-state index contributed by atoms with van der Waals surface area (Å²) in [5.41, 5.74) is 1.97. The number of alkyl halides is 4. The normalized spacial score (nSPS) is 13.3. The van der Waals surface area contributed by atoms with Crippen LogP contribution in [0.1, 0.15) is 27.6 Å². The van der Waals surface area contributed by atoms with Crippen LogP contribution in [-0.4, -0.2) is 0 Å². The van der Waals surface area contributed by atoms with Crippen LogP contribution in [0.5, 0.6) is 0 Å². The summed E-state index contributed by atoms with van der Waals surface area (Å²) in [5.74, 6) is 0. The molecule has 0 saturated carbocycles. The zero-order valence-electron chi connectivity index (χ0n) is 10.2. The highest BCUT2D eigenvalue weighted by Crippen LogP contribution is 2.33. The zero-order valence-corrected chi connectivity index (χ0v) is 11.0. The molecule has 0 aliphatic carbocycles. The third-order valence-electron chi connectivity index (χ3n) is 2.90. The van der Waals surface area contributed by atoms with Crippen molar-refractivity contribution >= 4 is 11.6 Å². The van der Waals surface area contributed by atoms with Gasteiger partial charge in [-0.25, -0.2) is 0 Å². The Morgan fingerprint density at radius 2 is 1.26 bits per heavy atom. The second kappa shape index (κ2) is 5.25. The van der Waals surface area contributed by atoms with Crippen molar-refractivity contribution in [2.24, 2.45) is 0 Å². The fourth-order valence-electron chi connectivity index (χ4n) is 1.77. The van der Waals surface area contributed by atoms with Crippen LogP contribution in [0.25, 0.3) is 0 Å². The molecule has 0 aliphatic heterocycles. The maximum Gasteiger partial charge on any atom is 0.416 e.